The van der Waals surface area contributed by atoms with E-state index in [1.54, 1.807) is 0 Å². The zero-order chi connectivity index (χ0) is 26.0. The molecule has 0 amide bonds. The van der Waals surface area contributed by atoms with Crippen LogP contribution >= 0.6 is 0 Å². The Morgan fingerprint density at radius 2 is 1.69 bits per heavy atom. The van der Waals surface area contributed by atoms with Gasteiger partial charge in [0.15, 0.2) is 11.5 Å². The number of benzene rings is 1. The second-order valence-corrected chi connectivity index (χ2v) is 9.64. The van der Waals surface area contributed by atoms with E-state index in [1.165, 1.54) is 0 Å². The summed E-state index contributed by atoms with van der Waals surface area (Å²) in [6, 6.07) is 16.2. The molecule has 0 saturated carbocycles. The first-order chi connectivity index (χ1) is 19.3. The first-order valence-electron chi connectivity index (χ1n) is 13.3. The largest absolute Gasteiger partial charge is 0.378 e. The summed E-state index contributed by atoms with van der Waals surface area (Å²) >= 11 is 0. The number of rotatable bonds is 6. The quantitative estimate of drug-likeness (QED) is 0.332. The van der Waals surface area contributed by atoms with Crippen molar-refractivity contribution in [1.82, 2.24) is 24.6 Å². The SMILES string of the molecule is c1ccc2c(CN=Nc3cc(N4CCOCC4)n4nc(-c5ccc(N6CCOCC6)nc5)cc4n3)c[nH]c2c1. The molecule has 11 heteroatoms. The number of pyridine rings is 1. The lowest BCUT2D eigenvalue weighted by atomic mass is 10.2. The Morgan fingerprint density at radius 1 is 0.897 bits per heavy atom. The van der Waals surface area contributed by atoms with Crippen LogP contribution in [0.1, 0.15) is 5.56 Å². The molecule has 2 aliphatic rings. The maximum Gasteiger partial charge on any atom is 0.179 e. The van der Waals surface area contributed by atoms with Gasteiger partial charge in [-0.1, -0.05) is 18.2 Å². The number of H-pyrrole nitrogens is 1. The summed E-state index contributed by atoms with van der Waals surface area (Å²) in [5, 5.41) is 15.1. The molecule has 198 valence electrons. The number of aromatic amines is 1. The van der Waals surface area contributed by atoms with Gasteiger partial charge in [0.2, 0.25) is 0 Å². The summed E-state index contributed by atoms with van der Waals surface area (Å²) in [5.41, 5.74) is 4.66. The smallest absolute Gasteiger partial charge is 0.179 e. The average Bonchev–Trinajstić information content (AvgIpc) is 3.62. The van der Waals surface area contributed by atoms with E-state index >= 15 is 0 Å². The van der Waals surface area contributed by atoms with E-state index in [2.05, 4.69) is 43.2 Å². The lowest BCUT2D eigenvalue weighted by Crippen LogP contribution is -2.37. The molecule has 1 aromatic carbocycles. The first-order valence-corrected chi connectivity index (χ1v) is 13.3. The molecule has 6 heterocycles. The predicted octanol–water partition coefficient (Wildman–Crippen LogP) is 4.23. The summed E-state index contributed by atoms with van der Waals surface area (Å²) in [4.78, 5) is 17.3. The first kappa shape index (κ1) is 23.7. The maximum absolute atomic E-state index is 5.59. The molecule has 5 aromatic rings. The van der Waals surface area contributed by atoms with Crippen molar-refractivity contribution in [3.05, 3.63) is 66.5 Å². The summed E-state index contributed by atoms with van der Waals surface area (Å²) in [6.45, 7) is 6.52. The monoisotopic (exact) mass is 523 g/mol. The zero-order valence-corrected chi connectivity index (χ0v) is 21.5. The number of hydrogen-bond acceptors (Lipinski definition) is 9. The molecule has 2 aliphatic heterocycles. The Labute approximate surface area is 225 Å². The van der Waals surface area contributed by atoms with Crippen LogP contribution in [0.4, 0.5) is 17.5 Å². The Kier molecular flexibility index (Phi) is 6.35. The number of ether oxygens (including phenoxy) is 2. The molecule has 0 unspecified atom stereocenters. The van der Waals surface area contributed by atoms with Crippen molar-refractivity contribution >= 4 is 34.0 Å². The van der Waals surface area contributed by atoms with Gasteiger partial charge in [-0.3, -0.25) is 0 Å². The molecule has 39 heavy (non-hydrogen) atoms. The number of fused-ring (bicyclic) bond motifs is 2. The number of morpholine rings is 2. The number of azo groups is 1. The normalized spacial score (nSPS) is 16.6. The molecule has 2 fully saturated rings. The van der Waals surface area contributed by atoms with Crippen LogP contribution in [0.25, 0.3) is 27.8 Å². The topological polar surface area (TPSA) is 109 Å². The van der Waals surface area contributed by atoms with Gasteiger partial charge in [0.05, 0.1) is 38.7 Å². The molecule has 0 spiro atoms. The molecular formula is C28H29N9O2. The Morgan fingerprint density at radius 3 is 2.49 bits per heavy atom. The minimum absolute atomic E-state index is 0.468. The van der Waals surface area contributed by atoms with Gasteiger partial charge in [-0.05, 0) is 18.2 Å². The summed E-state index contributed by atoms with van der Waals surface area (Å²) in [6.07, 6.45) is 3.86. The number of anilines is 2. The fourth-order valence-corrected chi connectivity index (χ4v) is 5.12. The van der Waals surface area contributed by atoms with Gasteiger partial charge in [0, 0.05) is 72.7 Å². The number of aromatic nitrogens is 5. The van der Waals surface area contributed by atoms with E-state index in [1.807, 2.05) is 47.2 Å². The van der Waals surface area contributed by atoms with E-state index in [4.69, 9.17) is 24.5 Å². The van der Waals surface area contributed by atoms with Gasteiger partial charge in [-0.25, -0.2) is 9.97 Å². The van der Waals surface area contributed by atoms with Crippen molar-refractivity contribution in [1.29, 1.82) is 0 Å². The van der Waals surface area contributed by atoms with Crippen LogP contribution in [-0.4, -0.2) is 77.2 Å². The highest BCUT2D eigenvalue weighted by Gasteiger charge is 2.19. The molecule has 4 aromatic heterocycles. The van der Waals surface area contributed by atoms with Crippen LogP contribution in [-0.2, 0) is 16.0 Å². The summed E-state index contributed by atoms with van der Waals surface area (Å²) in [7, 11) is 0. The second kappa shape index (κ2) is 10.4. The summed E-state index contributed by atoms with van der Waals surface area (Å²) in [5.74, 6) is 2.43. The van der Waals surface area contributed by atoms with Crippen molar-refractivity contribution in [3.8, 4) is 11.3 Å². The van der Waals surface area contributed by atoms with Gasteiger partial charge in [-0.2, -0.15) is 14.7 Å². The minimum atomic E-state index is 0.468. The van der Waals surface area contributed by atoms with Crippen molar-refractivity contribution in [2.45, 2.75) is 6.54 Å². The standard InChI is InChI=1S/C28H29N9O2/c1-2-4-23-22(3-1)21(18-29-23)19-31-33-25-16-28(36-9-13-39-14-10-36)37-27(32-25)15-24(34-37)20-5-6-26(30-17-20)35-7-11-38-12-8-35/h1-6,15-18,29H,7-14,19H2. The molecule has 1 N–H and O–H groups in total. The molecule has 0 radical (unpaired) electrons. The Bertz CT molecular complexity index is 1610. The average molecular weight is 524 g/mol. The summed E-state index contributed by atoms with van der Waals surface area (Å²) < 4.78 is 12.9. The maximum atomic E-state index is 5.59. The van der Waals surface area contributed by atoms with Crippen LogP contribution in [0.5, 0.6) is 0 Å². The highest BCUT2D eigenvalue weighted by molar-refractivity contribution is 5.83. The van der Waals surface area contributed by atoms with Gasteiger partial charge in [0.1, 0.15) is 11.6 Å². The fraction of sp³-hybridized carbons (Fsp3) is 0.321. The highest BCUT2D eigenvalue weighted by atomic mass is 16.5. The van der Waals surface area contributed by atoms with Crippen molar-refractivity contribution in [2.24, 2.45) is 10.2 Å². The third-order valence-electron chi connectivity index (χ3n) is 7.20. The molecule has 11 nitrogen and oxygen atoms in total. The van der Waals surface area contributed by atoms with Crippen LogP contribution in [0.2, 0.25) is 0 Å². The number of nitrogens with one attached hydrogen (secondary N) is 1. The third kappa shape index (κ3) is 4.82. The third-order valence-corrected chi connectivity index (χ3v) is 7.20. The van der Waals surface area contributed by atoms with Gasteiger partial charge >= 0.3 is 0 Å². The Hall–Kier alpha value is -4.35. The van der Waals surface area contributed by atoms with Crippen LogP contribution < -0.4 is 9.80 Å². The number of para-hydroxylation sites is 1. The molecular weight excluding hydrogens is 494 g/mol. The molecule has 0 aliphatic carbocycles. The van der Waals surface area contributed by atoms with E-state index < -0.39 is 0 Å². The Balaban J connectivity index is 1.20. The second-order valence-electron chi connectivity index (χ2n) is 9.64. The molecule has 0 bridgehead atoms. The van der Waals surface area contributed by atoms with E-state index in [9.17, 15) is 0 Å². The van der Waals surface area contributed by atoms with Gasteiger partial charge in [0.25, 0.3) is 0 Å². The van der Waals surface area contributed by atoms with Gasteiger partial charge in [-0.15, -0.1) is 5.11 Å². The minimum Gasteiger partial charge on any atom is -0.378 e. The molecule has 2 saturated heterocycles. The van der Waals surface area contributed by atoms with Crippen LogP contribution in [0.15, 0.2) is 71.2 Å². The highest BCUT2D eigenvalue weighted by Crippen LogP contribution is 2.28. The van der Waals surface area contributed by atoms with E-state index in [0.29, 0.717) is 31.2 Å². The fourth-order valence-electron chi connectivity index (χ4n) is 5.12. The van der Waals surface area contributed by atoms with Gasteiger partial charge < -0.3 is 24.3 Å². The van der Waals surface area contributed by atoms with E-state index in [-0.39, 0.29) is 0 Å². The molecule has 7 rings (SSSR count). The van der Waals surface area contributed by atoms with Crippen LogP contribution in [0.3, 0.4) is 0 Å². The van der Waals surface area contributed by atoms with Crippen molar-refractivity contribution in [2.75, 3.05) is 62.4 Å². The lowest BCUT2D eigenvalue weighted by Gasteiger charge is -2.28. The number of hydrogen-bond donors (Lipinski definition) is 1. The zero-order valence-electron chi connectivity index (χ0n) is 21.5. The number of nitrogens with zero attached hydrogens (tertiary/aromatic N) is 8. The molecule has 0 atom stereocenters. The van der Waals surface area contributed by atoms with Crippen molar-refractivity contribution < 1.29 is 9.47 Å². The van der Waals surface area contributed by atoms with Crippen molar-refractivity contribution in [3.63, 3.8) is 0 Å². The van der Waals surface area contributed by atoms with Crippen LogP contribution in [0, 0.1) is 0 Å². The van der Waals surface area contributed by atoms with E-state index in [0.717, 1.165) is 78.8 Å². The lowest BCUT2D eigenvalue weighted by molar-refractivity contribution is 0.122. The predicted molar refractivity (Wildman–Crippen MR) is 149 cm³/mol.